The van der Waals surface area contributed by atoms with Crippen molar-refractivity contribution in [2.45, 2.75) is 63.9 Å². The van der Waals surface area contributed by atoms with Gasteiger partial charge in [-0.05, 0) is 38.8 Å². The predicted molar refractivity (Wildman–Crippen MR) is 113 cm³/mol. The lowest BCUT2D eigenvalue weighted by Crippen LogP contribution is -2.45. The summed E-state index contributed by atoms with van der Waals surface area (Å²) in [6.45, 7) is 8.81. The van der Waals surface area contributed by atoms with Crippen LogP contribution in [0.4, 0.5) is 0 Å². The number of carbonyl (C=O) groups excluding carboxylic acids is 1. The van der Waals surface area contributed by atoms with Crippen molar-refractivity contribution in [1.29, 1.82) is 0 Å². The molecule has 0 unspecified atom stereocenters. The van der Waals surface area contributed by atoms with Crippen molar-refractivity contribution in [3.05, 3.63) is 30.1 Å². The van der Waals surface area contributed by atoms with Crippen LogP contribution in [-0.2, 0) is 11.8 Å². The largest absolute Gasteiger partial charge is 0.485 e. The number of para-hydroxylation sites is 2. The number of fused-ring (bicyclic) bond motifs is 1. The van der Waals surface area contributed by atoms with Crippen LogP contribution in [0.1, 0.15) is 52.5 Å². The predicted octanol–water partition coefficient (Wildman–Crippen LogP) is 3.85. The minimum Gasteiger partial charge on any atom is -0.485 e. The third-order valence-corrected chi connectivity index (χ3v) is 6.41. The Morgan fingerprint density at radius 3 is 2.52 bits per heavy atom. The number of nitrogens with zero attached hydrogens (tertiary/aromatic N) is 4. The summed E-state index contributed by atoms with van der Waals surface area (Å²) in [6, 6.07) is 8.04. The Morgan fingerprint density at radius 2 is 1.86 bits per heavy atom. The molecule has 8 heteroatoms. The third-order valence-electron chi connectivity index (χ3n) is 5.41. The number of hydrogen-bond donors (Lipinski definition) is 0. The van der Waals surface area contributed by atoms with E-state index >= 15 is 0 Å². The number of amides is 1. The normalized spacial score (nSPS) is 17.6. The molecule has 0 radical (unpaired) electrons. The molecule has 0 bridgehead atoms. The van der Waals surface area contributed by atoms with Crippen molar-refractivity contribution in [2.75, 3.05) is 12.4 Å². The molecule has 1 aromatic carbocycles. The molecule has 0 aliphatic carbocycles. The van der Waals surface area contributed by atoms with Gasteiger partial charge in [-0.3, -0.25) is 4.79 Å². The second-order valence-corrected chi connectivity index (χ2v) is 8.31. The van der Waals surface area contributed by atoms with Gasteiger partial charge in [0.2, 0.25) is 5.91 Å². The van der Waals surface area contributed by atoms with Crippen LogP contribution in [0, 0.1) is 0 Å². The zero-order valence-electron chi connectivity index (χ0n) is 17.8. The number of thioether (sulfide) groups is 1. The summed E-state index contributed by atoms with van der Waals surface area (Å²) in [5.74, 6) is 2.60. The van der Waals surface area contributed by atoms with Crippen molar-refractivity contribution in [3.63, 3.8) is 0 Å². The van der Waals surface area contributed by atoms with Crippen LogP contribution in [0.25, 0.3) is 0 Å². The Kier molecular flexibility index (Phi) is 7.05. The summed E-state index contributed by atoms with van der Waals surface area (Å²) in [5, 5.41) is 9.28. The molecule has 2 aromatic rings. The van der Waals surface area contributed by atoms with Gasteiger partial charge in [0.25, 0.3) is 0 Å². The van der Waals surface area contributed by atoms with Gasteiger partial charge in [0.15, 0.2) is 28.6 Å². The van der Waals surface area contributed by atoms with E-state index in [-0.39, 0.29) is 24.1 Å². The van der Waals surface area contributed by atoms with E-state index in [2.05, 4.69) is 37.9 Å². The highest BCUT2D eigenvalue weighted by Gasteiger charge is 2.28. The Bertz CT molecular complexity index is 831. The third kappa shape index (κ3) is 4.69. The maximum absolute atomic E-state index is 12.9. The first-order valence-electron chi connectivity index (χ1n) is 10.2. The Hall–Kier alpha value is -2.22. The molecule has 1 amide bonds. The molecular formula is C21H30N4O3S. The standard InChI is InChI=1S/C21H30N4O3S/c1-6-14(3)25(15(4)7-2)19(26)13-29-21-23-22-20(24(21)5)18-12-27-16-10-8-9-11-17(16)28-18/h8-11,14-15,18H,6-7,12-13H2,1-5H3/t14-,15+,18-/m1/s1. The molecule has 1 aromatic heterocycles. The quantitative estimate of drug-likeness (QED) is 0.607. The lowest BCUT2D eigenvalue weighted by molar-refractivity contribution is -0.132. The molecule has 1 aliphatic rings. The highest BCUT2D eigenvalue weighted by atomic mass is 32.2. The second kappa shape index (κ2) is 9.52. The number of aromatic nitrogens is 3. The molecule has 29 heavy (non-hydrogen) atoms. The van der Waals surface area contributed by atoms with Gasteiger partial charge in [0, 0.05) is 19.1 Å². The van der Waals surface area contributed by atoms with Gasteiger partial charge in [-0.2, -0.15) is 0 Å². The van der Waals surface area contributed by atoms with E-state index in [1.165, 1.54) is 11.8 Å². The molecule has 0 N–H and O–H groups in total. The fourth-order valence-corrected chi connectivity index (χ4v) is 4.19. The number of carbonyl (C=O) groups is 1. The summed E-state index contributed by atoms with van der Waals surface area (Å²) >= 11 is 1.41. The van der Waals surface area contributed by atoms with Crippen molar-refractivity contribution < 1.29 is 14.3 Å². The van der Waals surface area contributed by atoms with Gasteiger partial charge in [-0.15, -0.1) is 10.2 Å². The van der Waals surface area contributed by atoms with E-state index < -0.39 is 0 Å². The summed E-state index contributed by atoms with van der Waals surface area (Å²) in [7, 11) is 1.90. The van der Waals surface area contributed by atoms with E-state index in [1.54, 1.807) is 0 Å². The monoisotopic (exact) mass is 418 g/mol. The van der Waals surface area contributed by atoms with Crippen LogP contribution in [0.2, 0.25) is 0 Å². The van der Waals surface area contributed by atoms with Gasteiger partial charge < -0.3 is 18.9 Å². The number of benzene rings is 1. The molecule has 158 valence electrons. The smallest absolute Gasteiger partial charge is 0.233 e. The molecule has 3 atom stereocenters. The van der Waals surface area contributed by atoms with E-state index in [0.29, 0.717) is 29.1 Å². The highest BCUT2D eigenvalue weighted by Crippen LogP contribution is 2.35. The van der Waals surface area contributed by atoms with Gasteiger partial charge in [0.05, 0.1) is 5.75 Å². The molecule has 7 nitrogen and oxygen atoms in total. The molecule has 3 rings (SSSR count). The molecule has 0 saturated heterocycles. The first kappa shape index (κ1) is 21.5. The number of hydrogen-bond acceptors (Lipinski definition) is 6. The van der Waals surface area contributed by atoms with Crippen LogP contribution in [0.15, 0.2) is 29.4 Å². The van der Waals surface area contributed by atoms with Gasteiger partial charge in [-0.25, -0.2) is 0 Å². The molecule has 0 spiro atoms. The first-order chi connectivity index (χ1) is 14.0. The summed E-state index contributed by atoms with van der Waals surface area (Å²) < 4.78 is 13.7. The molecule has 1 aliphatic heterocycles. The lowest BCUT2D eigenvalue weighted by atomic mass is 10.1. The van der Waals surface area contributed by atoms with Gasteiger partial charge in [-0.1, -0.05) is 37.7 Å². The average Bonchev–Trinajstić information content (AvgIpc) is 3.11. The van der Waals surface area contributed by atoms with Crippen LogP contribution < -0.4 is 9.47 Å². The minimum absolute atomic E-state index is 0.134. The maximum Gasteiger partial charge on any atom is 0.233 e. The summed E-state index contributed by atoms with van der Waals surface area (Å²) in [5.41, 5.74) is 0. The zero-order valence-corrected chi connectivity index (χ0v) is 18.6. The van der Waals surface area contributed by atoms with Crippen molar-refractivity contribution in [1.82, 2.24) is 19.7 Å². The Morgan fingerprint density at radius 1 is 1.21 bits per heavy atom. The van der Waals surface area contributed by atoms with Crippen molar-refractivity contribution in [2.24, 2.45) is 7.05 Å². The van der Waals surface area contributed by atoms with Crippen molar-refractivity contribution in [3.8, 4) is 11.5 Å². The maximum atomic E-state index is 12.9. The fraction of sp³-hybridized carbons (Fsp3) is 0.571. The van der Waals surface area contributed by atoms with Gasteiger partial charge >= 0.3 is 0 Å². The van der Waals surface area contributed by atoms with Crippen LogP contribution in [-0.4, -0.2) is 50.0 Å². The van der Waals surface area contributed by atoms with Crippen LogP contribution >= 0.6 is 11.8 Å². The highest BCUT2D eigenvalue weighted by molar-refractivity contribution is 7.99. The van der Waals surface area contributed by atoms with E-state index in [1.807, 2.05) is 40.8 Å². The van der Waals surface area contributed by atoms with E-state index in [0.717, 1.165) is 18.6 Å². The molecular weight excluding hydrogens is 388 g/mol. The van der Waals surface area contributed by atoms with Gasteiger partial charge in [0.1, 0.15) is 6.61 Å². The average molecular weight is 419 g/mol. The molecule has 2 heterocycles. The summed E-state index contributed by atoms with van der Waals surface area (Å²) in [4.78, 5) is 14.9. The topological polar surface area (TPSA) is 69.5 Å². The minimum atomic E-state index is -0.329. The SMILES string of the molecule is CC[C@@H](C)N(C(=O)CSc1nnc([C@H]2COc3ccccc3O2)n1C)[C@@H](C)CC. The fourth-order valence-electron chi connectivity index (χ4n) is 3.40. The molecule has 0 saturated carbocycles. The van der Waals surface area contributed by atoms with Crippen molar-refractivity contribution >= 4 is 17.7 Å². The lowest BCUT2D eigenvalue weighted by Gasteiger charge is -2.34. The summed E-state index contributed by atoms with van der Waals surface area (Å²) in [6.07, 6.45) is 1.55. The zero-order chi connectivity index (χ0) is 21.0. The first-order valence-corrected chi connectivity index (χ1v) is 11.2. The van der Waals surface area contributed by atoms with Crippen LogP contribution in [0.3, 0.4) is 0 Å². The Labute approximate surface area is 176 Å². The second-order valence-electron chi connectivity index (χ2n) is 7.37. The van der Waals surface area contributed by atoms with E-state index in [4.69, 9.17) is 9.47 Å². The van der Waals surface area contributed by atoms with E-state index in [9.17, 15) is 4.79 Å². The number of ether oxygens (including phenoxy) is 2. The Balaban J connectivity index is 1.66. The molecule has 0 fully saturated rings. The van der Waals surface area contributed by atoms with Crippen LogP contribution in [0.5, 0.6) is 11.5 Å². The number of rotatable bonds is 8.